The van der Waals surface area contributed by atoms with Crippen LogP contribution in [0, 0.1) is 10.1 Å². The van der Waals surface area contributed by atoms with E-state index in [2.05, 4.69) is 15.3 Å². The molecule has 0 saturated heterocycles. The van der Waals surface area contributed by atoms with Gasteiger partial charge in [0, 0.05) is 17.6 Å². The van der Waals surface area contributed by atoms with Gasteiger partial charge in [-0.3, -0.25) is 10.1 Å². The monoisotopic (exact) mass is 328 g/mol. The van der Waals surface area contributed by atoms with E-state index in [0.717, 1.165) is 0 Å². The van der Waals surface area contributed by atoms with E-state index in [0.29, 0.717) is 12.5 Å². The van der Waals surface area contributed by atoms with E-state index in [-0.39, 0.29) is 27.4 Å². The number of hydrogen-bond acceptors (Lipinski definition) is 6. The Morgan fingerprint density at radius 3 is 2.86 bits per heavy atom. The van der Waals surface area contributed by atoms with Gasteiger partial charge in [-0.05, 0) is 19.1 Å². The minimum absolute atomic E-state index is 0.00699. The van der Waals surface area contributed by atoms with Crippen LogP contribution in [0.2, 0.25) is 10.0 Å². The molecule has 0 saturated carbocycles. The van der Waals surface area contributed by atoms with Crippen molar-refractivity contribution in [3.63, 3.8) is 0 Å². The topological polar surface area (TPSA) is 90.2 Å². The number of benzene rings is 1. The third-order valence-corrected chi connectivity index (χ3v) is 2.87. The van der Waals surface area contributed by atoms with Gasteiger partial charge in [-0.1, -0.05) is 23.2 Å². The number of nitrogens with one attached hydrogen (secondary N) is 1. The Balaban J connectivity index is 2.38. The predicted octanol–water partition coefficient (Wildman–Crippen LogP) is 3.92. The molecule has 2 aromatic rings. The third kappa shape index (κ3) is 3.71. The number of aromatic nitrogens is 2. The van der Waals surface area contributed by atoms with Crippen LogP contribution in [0.5, 0.6) is 11.6 Å². The number of anilines is 1. The lowest BCUT2D eigenvalue weighted by atomic mass is 10.3. The fraction of sp³-hybridized carbons (Fsp3) is 0.167. The average Bonchev–Trinajstić information content (AvgIpc) is 2.44. The molecule has 0 aliphatic heterocycles. The highest BCUT2D eigenvalue weighted by molar-refractivity contribution is 6.31. The fourth-order valence-electron chi connectivity index (χ4n) is 1.49. The van der Waals surface area contributed by atoms with Crippen LogP contribution in [-0.2, 0) is 0 Å². The second kappa shape index (κ2) is 6.55. The van der Waals surface area contributed by atoms with Gasteiger partial charge < -0.3 is 10.1 Å². The molecule has 110 valence electrons. The van der Waals surface area contributed by atoms with Gasteiger partial charge in [-0.25, -0.2) is 4.98 Å². The van der Waals surface area contributed by atoms with Crippen molar-refractivity contribution in [2.75, 3.05) is 11.9 Å². The van der Waals surface area contributed by atoms with Crippen molar-refractivity contribution in [3.8, 4) is 11.6 Å². The van der Waals surface area contributed by atoms with Gasteiger partial charge >= 0.3 is 5.69 Å². The minimum Gasteiger partial charge on any atom is -0.430 e. The summed E-state index contributed by atoms with van der Waals surface area (Å²) in [6.45, 7) is 2.49. The normalized spacial score (nSPS) is 10.2. The molecule has 0 fully saturated rings. The van der Waals surface area contributed by atoms with Gasteiger partial charge in [-0.2, -0.15) is 4.98 Å². The minimum atomic E-state index is -0.596. The van der Waals surface area contributed by atoms with Gasteiger partial charge in [0.25, 0.3) is 0 Å². The molecular weight excluding hydrogens is 319 g/mol. The highest BCUT2D eigenvalue weighted by atomic mass is 35.5. The van der Waals surface area contributed by atoms with Gasteiger partial charge in [-0.15, -0.1) is 0 Å². The molecular formula is C12H10Cl2N4O3. The number of ether oxygens (including phenoxy) is 1. The SMILES string of the molecule is CCNc1ncc(Cl)c(Oc2ccc(Cl)cc2[N+](=O)[O-])n1. The predicted molar refractivity (Wildman–Crippen MR) is 79.4 cm³/mol. The van der Waals surface area contributed by atoms with Crippen LogP contribution in [0.4, 0.5) is 11.6 Å². The highest BCUT2D eigenvalue weighted by Gasteiger charge is 2.18. The molecule has 2 rings (SSSR count). The maximum Gasteiger partial charge on any atom is 0.313 e. The molecule has 0 aliphatic carbocycles. The van der Waals surface area contributed by atoms with E-state index in [1.807, 2.05) is 6.92 Å². The van der Waals surface area contributed by atoms with Gasteiger partial charge in [0.05, 0.1) is 11.1 Å². The maximum absolute atomic E-state index is 11.0. The lowest BCUT2D eigenvalue weighted by Crippen LogP contribution is -2.03. The van der Waals surface area contributed by atoms with Crippen molar-refractivity contribution in [1.82, 2.24) is 9.97 Å². The summed E-state index contributed by atoms with van der Waals surface area (Å²) in [5, 5.41) is 14.3. The number of nitro groups is 1. The molecule has 1 heterocycles. The van der Waals surface area contributed by atoms with Gasteiger partial charge in [0.1, 0.15) is 5.02 Å². The van der Waals surface area contributed by atoms with Crippen LogP contribution in [0.3, 0.4) is 0 Å². The number of hydrogen-bond donors (Lipinski definition) is 1. The number of halogens is 2. The quantitative estimate of drug-likeness (QED) is 0.660. The first-order chi connectivity index (χ1) is 10.0. The Labute approximate surface area is 130 Å². The molecule has 0 unspecified atom stereocenters. The van der Waals surface area contributed by atoms with Gasteiger partial charge in [0.2, 0.25) is 17.6 Å². The molecule has 0 aliphatic rings. The molecule has 1 aromatic heterocycles. The molecule has 1 aromatic carbocycles. The van der Waals surface area contributed by atoms with Crippen LogP contribution in [-0.4, -0.2) is 21.4 Å². The Morgan fingerprint density at radius 2 is 2.19 bits per heavy atom. The van der Waals surface area contributed by atoms with Gasteiger partial charge in [0.15, 0.2) is 0 Å². The summed E-state index contributed by atoms with van der Waals surface area (Å²) in [7, 11) is 0. The summed E-state index contributed by atoms with van der Waals surface area (Å²) in [6, 6.07) is 4.05. The Kier molecular flexibility index (Phi) is 4.77. The van der Waals surface area contributed by atoms with Crippen molar-refractivity contribution in [1.29, 1.82) is 0 Å². The summed E-state index contributed by atoms with van der Waals surface area (Å²) in [6.07, 6.45) is 1.35. The van der Waals surface area contributed by atoms with Crippen molar-refractivity contribution >= 4 is 34.8 Å². The van der Waals surface area contributed by atoms with E-state index < -0.39 is 4.92 Å². The summed E-state index contributed by atoms with van der Waals surface area (Å²) >= 11 is 11.7. The van der Waals surface area contributed by atoms with Crippen LogP contribution in [0.1, 0.15) is 6.92 Å². The van der Waals surface area contributed by atoms with Crippen molar-refractivity contribution in [3.05, 3.63) is 44.6 Å². The zero-order valence-electron chi connectivity index (χ0n) is 10.8. The number of rotatable bonds is 5. The molecule has 0 atom stereocenters. The molecule has 1 N–H and O–H groups in total. The van der Waals surface area contributed by atoms with E-state index in [9.17, 15) is 10.1 Å². The number of nitro benzene ring substituents is 1. The smallest absolute Gasteiger partial charge is 0.313 e. The van der Waals surface area contributed by atoms with Crippen LogP contribution in [0.15, 0.2) is 24.4 Å². The summed E-state index contributed by atoms with van der Waals surface area (Å²) in [4.78, 5) is 18.4. The third-order valence-electron chi connectivity index (χ3n) is 2.37. The molecule has 9 heteroatoms. The molecule has 0 radical (unpaired) electrons. The van der Waals surface area contributed by atoms with Crippen LogP contribution < -0.4 is 10.1 Å². The molecule has 0 spiro atoms. The largest absolute Gasteiger partial charge is 0.430 e. The Hall–Kier alpha value is -2.12. The fourth-order valence-corrected chi connectivity index (χ4v) is 1.79. The first kappa shape index (κ1) is 15.3. The van der Waals surface area contributed by atoms with E-state index in [1.165, 1.54) is 24.4 Å². The maximum atomic E-state index is 11.0. The van der Waals surface area contributed by atoms with Crippen LogP contribution in [0.25, 0.3) is 0 Å². The van der Waals surface area contributed by atoms with E-state index >= 15 is 0 Å². The second-order valence-electron chi connectivity index (χ2n) is 3.85. The highest BCUT2D eigenvalue weighted by Crippen LogP contribution is 2.35. The zero-order valence-corrected chi connectivity index (χ0v) is 12.4. The Morgan fingerprint density at radius 1 is 1.43 bits per heavy atom. The lowest BCUT2D eigenvalue weighted by Gasteiger charge is -2.08. The standard InChI is InChI=1S/C12H10Cl2N4O3/c1-2-15-12-16-6-8(14)11(17-12)21-10-4-3-7(13)5-9(10)18(19)20/h3-6H,2H2,1H3,(H,15,16,17). The zero-order chi connectivity index (χ0) is 15.4. The summed E-state index contributed by atoms with van der Waals surface area (Å²) in [5.41, 5.74) is -0.276. The molecule has 21 heavy (non-hydrogen) atoms. The van der Waals surface area contributed by atoms with E-state index in [1.54, 1.807) is 0 Å². The average molecular weight is 329 g/mol. The molecule has 0 bridgehead atoms. The summed E-state index contributed by atoms with van der Waals surface area (Å²) < 4.78 is 5.42. The van der Waals surface area contributed by atoms with Crippen molar-refractivity contribution in [2.24, 2.45) is 0 Å². The van der Waals surface area contributed by atoms with Crippen LogP contribution >= 0.6 is 23.2 Å². The first-order valence-corrected chi connectivity index (χ1v) is 6.65. The summed E-state index contributed by atoms with van der Waals surface area (Å²) in [5.74, 6) is 0.328. The molecule has 0 amide bonds. The van der Waals surface area contributed by atoms with Crippen molar-refractivity contribution < 1.29 is 9.66 Å². The first-order valence-electron chi connectivity index (χ1n) is 5.89. The van der Waals surface area contributed by atoms with Crippen molar-refractivity contribution in [2.45, 2.75) is 6.92 Å². The number of nitrogens with zero attached hydrogens (tertiary/aromatic N) is 3. The lowest BCUT2D eigenvalue weighted by molar-refractivity contribution is -0.385. The molecule has 7 nitrogen and oxygen atoms in total. The Bertz CT molecular complexity index is 682. The van der Waals surface area contributed by atoms with E-state index in [4.69, 9.17) is 27.9 Å². The second-order valence-corrected chi connectivity index (χ2v) is 4.69.